The van der Waals surface area contributed by atoms with Gasteiger partial charge in [0, 0.05) is 31.1 Å². The van der Waals surface area contributed by atoms with Crippen LogP contribution in [0.25, 0.3) is 0 Å². The highest BCUT2D eigenvalue weighted by Crippen LogP contribution is 2.44. The molecule has 1 atom stereocenters. The number of amides is 1. The predicted octanol–water partition coefficient (Wildman–Crippen LogP) is 2.78. The van der Waals surface area contributed by atoms with Crippen LogP contribution >= 0.6 is 0 Å². The molecule has 6 nitrogen and oxygen atoms in total. The lowest BCUT2D eigenvalue weighted by Gasteiger charge is -2.46. The second kappa shape index (κ2) is 6.52. The van der Waals surface area contributed by atoms with E-state index in [9.17, 15) is 4.79 Å². The third-order valence-electron chi connectivity index (χ3n) is 5.38. The Morgan fingerprint density at radius 2 is 2.12 bits per heavy atom. The van der Waals surface area contributed by atoms with Gasteiger partial charge in [0.25, 0.3) is 5.91 Å². The van der Waals surface area contributed by atoms with E-state index in [-0.39, 0.29) is 23.3 Å². The van der Waals surface area contributed by atoms with Crippen LogP contribution in [0.15, 0.2) is 41.1 Å². The summed E-state index contributed by atoms with van der Waals surface area (Å²) in [6, 6.07) is 9.47. The molecule has 2 aliphatic rings. The number of aromatic nitrogens is 1. The molecule has 0 radical (unpaired) electrons. The molecule has 25 heavy (non-hydrogen) atoms. The van der Waals surface area contributed by atoms with Crippen LogP contribution in [0.5, 0.6) is 5.75 Å². The average molecular weight is 341 g/mol. The molecule has 0 aliphatic carbocycles. The molecule has 1 aromatic heterocycles. The van der Waals surface area contributed by atoms with Gasteiger partial charge in [0.2, 0.25) is 5.76 Å². The molecule has 4 rings (SSSR count). The van der Waals surface area contributed by atoms with Crippen LogP contribution in [-0.2, 0) is 0 Å². The van der Waals surface area contributed by atoms with Crippen LogP contribution in [0.2, 0.25) is 0 Å². The van der Waals surface area contributed by atoms with Gasteiger partial charge in [0.1, 0.15) is 11.4 Å². The van der Waals surface area contributed by atoms with E-state index >= 15 is 0 Å². The molecule has 1 N–H and O–H groups in total. The SMILES string of the molecule is CCN1CCC2(CC1)C[C@H](NC(=O)c1ccno1)c1ccccc1O2. The zero-order valence-corrected chi connectivity index (χ0v) is 14.4. The fraction of sp³-hybridized carbons (Fsp3) is 0.474. The highest BCUT2D eigenvalue weighted by Gasteiger charge is 2.43. The van der Waals surface area contributed by atoms with Crippen molar-refractivity contribution in [3.05, 3.63) is 47.9 Å². The fourth-order valence-electron chi connectivity index (χ4n) is 3.89. The van der Waals surface area contributed by atoms with Crippen molar-refractivity contribution in [1.82, 2.24) is 15.4 Å². The molecule has 2 aromatic rings. The molecule has 2 aliphatic heterocycles. The lowest BCUT2D eigenvalue weighted by atomic mass is 9.80. The van der Waals surface area contributed by atoms with E-state index in [4.69, 9.17) is 9.26 Å². The van der Waals surface area contributed by atoms with E-state index in [1.165, 1.54) is 6.20 Å². The van der Waals surface area contributed by atoms with Crippen molar-refractivity contribution in [1.29, 1.82) is 0 Å². The van der Waals surface area contributed by atoms with Crippen LogP contribution in [-0.4, -0.2) is 41.2 Å². The number of hydrogen-bond donors (Lipinski definition) is 1. The number of likely N-dealkylation sites (tertiary alicyclic amines) is 1. The summed E-state index contributed by atoms with van der Waals surface area (Å²) >= 11 is 0. The summed E-state index contributed by atoms with van der Waals surface area (Å²) in [6.07, 6.45) is 4.21. The summed E-state index contributed by atoms with van der Waals surface area (Å²) in [6.45, 7) is 5.32. The standard InChI is InChI=1S/C19H23N3O3/c1-2-22-11-8-19(9-12-22)13-15(14-5-3-4-6-16(14)24-19)21-18(23)17-7-10-20-25-17/h3-7,10,15H,2,8-9,11-13H2,1H3,(H,21,23)/t15-/m0/s1. The Balaban J connectivity index is 1.58. The minimum Gasteiger partial charge on any atom is -0.487 e. The summed E-state index contributed by atoms with van der Waals surface area (Å²) in [5.41, 5.74) is 0.818. The highest BCUT2D eigenvalue weighted by atomic mass is 16.5. The Kier molecular flexibility index (Phi) is 4.21. The number of nitrogens with zero attached hydrogens (tertiary/aromatic N) is 2. The molecule has 0 unspecified atom stereocenters. The van der Waals surface area contributed by atoms with Crippen LogP contribution in [0.3, 0.4) is 0 Å². The van der Waals surface area contributed by atoms with Gasteiger partial charge in [-0.3, -0.25) is 4.79 Å². The zero-order valence-electron chi connectivity index (χ0n) is 14.4. The third-order valence-corrected chi connectivity index (χ3v) is 5.38. The largest absolute Gasteiger partial charge is 0.487 e. The maximum atomic E-state index is 12.5. The monoisotopic (exact) mass is 341 g/mol. The Hall–Kier alpha value is -2.34. The number of para-hydroxylation sites is 1. The maximum absolute atomic E-state index is 12.5. The number of nitrogens with one attached hydrogen (secondary N) is 1. The van der Waals surface area contributed by atoms with E-state index < -0.39 is 0 Å². The van der Waals surface area contributed by atoms with Crippen LogP contribution in [0.4, 0.5) is 0 Å². The first-order valence-corrected chi connectivity index (χ1v) is 8.91. The van der Waals surface area contributed by atoms with Gasteiger partial charge in [-0.2, -0.15) is 0 Å². The smallest absolute Gasteiger partial charge is 0.290 e. The quantitative estimate of drug-likeness (QED) is 0.930. The van der Waals surface area contributed by atoms with E-state index in [1.54, 1.807) is 6.07 Å². The molecule has 6 heteroatoms. The number of piperidine rings is 1. The van der Waals surface area contributed by atoms with E-state index in [2.05, 4.69) is 22.3 Å². The van der Waals surface area contributed by atoms with Gasteiger partial charge < -0.3 is 19.5 Å². The van der Waals surface area contributed by atoms with Crippen LogP contribution in [0.1, 0.15) is 48.3 Å². The van der Waals surface area contributed by atoms with Crippen molar-refractivity contribution in [3.8, 4) is 5.75 Å². The first-order chi connectivity index (χ1) is 12.2. The van der Waals surface area contributed by atoms with Gasteiger partial charge in [0.05, 0.1) is 12.2 Å². The minimum absolute atomic E-state index is 0.0873. The van der Waals surface area contributed by atoms with Gasteiger partial charge in [-0.15, -0.1) is 0 Å². The third kappa shape index (κ3) is 3.14. The Labute approximate surface area is 147 Å². The molecular weight excluding hydrogens is 318 g/mol. The van der Waals surface area contributed by atoms with Crippen molar-refractivity contribution in [2.75, 3.05) is 19.6 Å². The number of rotatable bonds is 3. The number of ether oxygens (including phenoxy) is 1. The first kappa shape index (κ1) is 16.1. The zero-order chi connectivity index (χ0) is 17.3. The Morgan fingerprint density at radius 1 is 1.32 bits per heavy atom. The molecule has 1 aromatic carbocycles. The molecule has 3 heterocycles. The molecule has 0 saturated carbocycles. The lowest BCUT2D eigenvalue weighted by Crippen LogP contribution is -2.52. The summed E-state index contributed by atoms with van der Waals surface area (Å²) in [5.74, 6) is 0.876. The van der Waals surface area contributed by atoms with Gasteiger partial charge in [-0.25, -0.2) is 0 Å². The highest BCUT2D eigenvalue weighted by molar-refractivity contribution is 5.91. The van der Waals surface area contributed by atoms with Crippen molar-refractivity contribution >= 4 is 5.91 Å². The molecule has 1 saturated heterocycles. The summed E-state index contributed by atoms with van der Waals surface area (Å²) < 4.78 is 11.4. The van der Waals surface area contributed by atoms with E-state index in [0.717, 1.165) is 50.2 Å². The molecule has 0 bridgehead atoms. The Morgan fingerprint density at radius 3 is 2.84 bits per heavy atom. The normalized spacial score (nSPS) is 22.2. The van der Waals surface area contributed by atoms with Crippen LogP contribution in [0, 0.1) is 0 Å². The summed E-state index contributed by atoms with van der Waals surface area (Å²) in [7, 11) is 0. The topological polar surface area (TPSA) is 67.6 Å². The fourth-order valence-corrected chi connectivity index (χ4v) is 3.89. The van der Waals surface area contributed by atoms with Crippen molar-refractivity contribution in [2.24, 2.45) is 0 Å². The van der Waals surface area contributed by atoms with Crippen LogP contribution < -0.4 is 10.1 Å². The van der Waals surface area contributed by atoms with Gasteiger partial charge >= 0.3 is 0 Å². The second-order valence-corrected chi connectivity index (χ2v) is 6.86. The van der Waals surface area contributed by atoms with E-state index in [0.29, 0.717) is 0 Å². The number of carbonyl (C=O) groups is 1. The summed E-state index contributed by atoms with van der Waals surface area (Å²) in [4.78, 5) is 14.9. The van der Waals surface area contributed by atoms with Crippen molar-refractivity contribution in [3.63, 3.8) is 0 Å². The van der Waals surface area contributed by atoms with Gasteiger partial charge in [0.15, 0.2) is 0 Å². The second-order valence-electron chi connectivity index (χ2n) is 6.86. The Bertz CT molecular complexity index is 736. The van der Waals surface area contributed by atoms with Crippen molar-refractivity contribution < 1.29 is 14.1 Å². The minimum atomic E-state index is -0.236. The number of benzene rings is 1. The molecule has 132 valence electrons. The van der Waals surface area contributed by atoms with Gasteiger partial charge in [-0.05, 0) is 25.5 Å². The van der Waals surface area contributed by atoms with Gasteiger partial charge in [-0.1, -0.05) is 30.3 Å². The maximum Gasteiger partial charge on any atom is 0.290 e. The first-order valence-electron chi connectivity index (χ1n) is 8.91. The predicted molar refractivity (Wildman–Crippen MR) is 92.5 cm³/mol. The number of carbonyl (C=O) groups excluding carboxylic acids is 1. The van der Waals surface area contributed by atoms with Crippen molar-refractivity contribution in [2.45, 2.75) is 37.8 Å². The molecule has 1 fully saturated rings. The molecule has 1 amide bonds. The van der Waals surface area contributed by atoms with E-state index in [1.807, 2.05) is 24.3 Å². The average Bonchev–Trinajstić information content (AvgIpc) is 3.17. The molecular formula is C19H23N3O3. The summed E-state index contributed by atoms with van der Waals surface area (Å²) in [5, 5.41) is 6.72. The molecule has 1 spiro atoms. The number of hydrogen-bond acceptors (Lipinski definition) is 5. The number of fused-ring (bicyclic) bond motifs is 1. The lowest BCUT2D eigenvalue weighted by molar-refractivity contribution is -0.0236.